The van der Waals surface area contributed by atoms with Crippen LogP contribution in [0.5, 0.6) is 0 Å². The summed E-state index contributed by atoms with van der Waals surface area (Å²) in [7, 11) is -0.380. The van der Waals surface area contributed by atoms with Gasteiger partial charge in [0.05, 0.1) is 4.90 Å². The minimum Gasteiger partial charge on any atom is -0.356 e. The highest BCUT2D eigenvalue weighted by molar-refractivity contribution is 7.89. The summed E-state index contributed by atoms with van der Waals surface area (Å²) in [5.74, 6) is 0.0249. The minimum absolute atomic E-state index is 0.0249. The van der Waals surface area contributed by atoms with Gasteiger partial charge in [-0.25, -0.2) is 12.7 Å². The smallest absolute Gasteiger partial charge is 0.242 e. The highest BCUT2D eigenvalue weighted by atomic mass is 32.2. The van der Waals surface area contributed by atoms with Crippen LogP contribution >= 0.6 is 0 Å². The summed E-state index contributed by atoms with van der Waals surface area (Å²) in [6.45, 7) is 2.70. The van der Waals surface area contributed by atoms with Gasteiger partial charge in [-0.05, 0) is 30.5 Å². The Bertz CT molecular complexity index is 536. The molecule has 0 atom stereocenters. The third kappa shape index (κ3) is 4.61. The number of aryl methyl sites for hydroxylation is 1. The first-order valence-electron chi connectivity index (χ1n) is 6.66. The lowest BCUT2D eigenvalue weighted by Crippen LogP contribution is -2.24. The second-order valence-electron chi connectivity index (χ2n) is 4.78. The number of hydrogen-bond acceptors (Lipinski definition) is 3. The van der Waals surface area contributed by atoms with Gasteiger partial charge in [0.25, 0.3) is 0 Å². The van der Waals surface area contributed by atoms with Crippen LogP contribution in [0.25, 0.3) is 0 Å². The molecule has 0 aliphatic heterocycles. The molecule has 1 rings (SSSR count). The number of rotatable bonds is 7. The van der Waals surface area contributed by atoms with Crippen molar-refractivity contribution in [3.63, 3.8) is 0 Å². The molecule has 0 unspecified atom stereocenters. The van der Waals surface area contributed by atoms with Gasteiger partial charge in [-0.3, -0.25) is 4.79 Å². The fourth-order valence-electron chi connectivity index (χ4n) is 1.65. The molecule has 112 valence electrons. The van der Waals surface area contributed by atoms with Crippen molar-refractivity contribution in [2.45, 2.75) is 31.1 Å². The molecule has 0 saturated heterocycles. The molecule has 20 heavy (non-hydrogen) atoms. The Morgan fingerprint density at radius 1 is 1.20 bits per heavy atom. The number of amides is 1. The first-order valence-corrected chi connectivity index (χ1v) is 8.10. The summed E-state index contributed by atoms with van der Waals surface area (Å²) < 4.78 is 25.0. The largest absolute Gasteiger partial charge is 0.356 e. The van der Waals surface area contributed by atoms with Crippen LogP contribution in [0, 0.1) is 0 Å². The van der Waals surface area contributed by atoms with Crippen molar-refractivity contribution in [1.82, 2.24) is 9.62 Å². The summed E-state index contributed by atoms with van der Waals surface area (Å²) in [6.07, 6.45) is 1.94. The Morgan fingerprint density at radius 3 is 2.30 bits per heavy atom. The van der Waals surface area contributed by atoms with E-state index in [0.29, 0.717) is 19.4 Å². The molecule has 0 spiro atoms. The summed E-state index contributed by atoms with van der Waals surface area (Å²) in [6, 6.07) is 6.66. The molecule has 1 aromatic rings. The van der Waals surface area contributed by atoms with E-state index in [-0.39, 0.29) is 10.8 Å². The average molecular weight is 298 g/mol. The van der Waals surface area contributed by atoms with E-state index in [9.17, 15) is 13.2 Å². The highest BCUT2D eigenvalue weighted by Gasteiger charge is 2.16. The molecule has 0 aliphatic carbocycles. The number of sulfonamides is 1. The van der Waals surface area contributed by atoms with Gasteiger partial charge < -0.3 is 5.32 Å². The van der Waals surface area contributed by atoms with Crippen LogP contribution in [-0.4, -0.2) is 39.3 Å². The van der Waals surface area contributed by atoms with Crippen molar-refractivity contribution in [1.29, 1.82) is 0 Å². The van der Waals surface area contributed by atoms with Crippen molar-refractivity contribution in [2.24, 2.45) is 0 Å². The monoisotopic (exact) mass is 298 g/mol. The first-order chi connectivity index (χ1) is 9.37. The number of benzene rings is 1. The molecule has 1 N–H and O–H groups in total. The maximum absolute atomic E-state index is 11.9. The Kier molecular flexibility index (Phi) is 6.16. The number of carbonyl (C=O) groups excluding carboxylic acids is 1. The summed E-state index contributed by atoms with van der Waals surface area (Å²) >= 11 is 0. The van der Waals surface area contributed by atoms with E-state index in [1.807, 2.05) is 6.92 Å². The fourth-order valence-corrected chi connectivity index (χ4v) is 2.55. The van der Waals surface area contributed by atoms with E-state index in [1.165, 1.54) is 18.4 Å². The van der Waals surface area contributed by atoms with Gasteiger partial charge >= 0.3 is 0 Å². The Labute approximate surface area is 121 Å². The van der Waals surface area contributed by atoms with E-state index in [2.05, 4.69) is 5.32 Å². The van der Waals surface area contributed by atoms with Crippen molar-refractivity contribution in [3.05, 3.63) is 29.8 Å². The number of hydrogen-bond donors (Lipinski definition) is 1. The standard InChI is InChI=1S/C14H22N2O3S/c1-4-11-15-14(17)10-7-12-5-8-13(9-6-12)20(18,19)16(2)3/h5-6,8-9H,4,7,10-11H2,1-3H3,(H,15,17). The van der Waals surface area contributed by atoms with Crippen LogP contribution in [0.1, 0.15) is 25.3 Å². The maximum Gasteiger partial charge on any atom is 0.242 e. The van der Waals surface area contributed by atoms with Crippen molar-refractivity contribution >= 4 is 15.9 Å². The number of nitrogens with zero attached hydrogens (tertiary/aromatic N) is 1. The molecule has 5 nitrogen and oxygen atoms in total. The zero-order valence-corrected chi connectivity index (χ0v) is 13.0. The van der Waals surface area contributed by atoms with E-state index < -0.39 is 10.0 Å². The Morgan fingerprint density at radius 2 is 1.80 bits per heavy atom. The third-order valence-electron chi connectivity index (χ3n) is 2.91. The number of nitrogens with one attached hydrogen (secondary N) is 1. The molecule has 0 aromatic heterocycles. The van der Waals surface area contributed by atoms with E-state index >= 15 is 0 Å². The predicted octanol–water partition coefficient (Wildman–Crippen LogP) is 1.40. The predicted molar refractivity (Wildman–Crippen MR) is 78.9 cm³/mol. The molecule has 1 amide bonds. The van der Waals surface area contributed by atoms with Crippen molar-refractivity contribution in [3.8, 4) is 0 Å². The average Bonchev–Trinajstić information content (AvgIpc) is 2.43. The molecule has 0 fully saturated rings. The SMILES string of the molecule is CCCNC(=O)CCc1ccc(S(=O)(=O)N(C)C)cc1. The highest BCUT2D eigenvalue weighted by Crippen LogP contribution is 2.14. The molecular weight excluding hydrogens is 276 g/mol. The van der Waals surface area contributed by atoms with Crippen molar-refractivity contribution < 1.29 is 13.2 Å². The van der Waals surface area contributed by atoms with Gasteiger partial charge in [0.1, 0.15) is 0 Å². The zero-order valence-electron chi connectivity index (χ0n) is 12.2. The third-order valence-corrected chi connectivity index (χ3v) is 4.74. The van der Waals surface area contributed by atoms with E-state index in [0.717, 1.165) is 12.0 Å². The summed E-state index contributed by atoms with van der Waals surface area (Å²) in [5.41, 5.74) is 0.953. The molecule has 0 heterocycles. The Hall–Kier alpha value is -1.40. The summed E-state index contributed by atoms with van der Waals surface area (Å²) in [5, 5.41) is 2.81. The molecule has 0 bridgehead atoms. The molecular formula is C14H22N2O3S. The van der Waals surface area contributed by atoms with Gasteiger partial charge in [-0.1, -0.05) is 19.1 Å². The number of carbonyl (C=O) groups is 1. The summed E-state index contributed by atoms with van der Waals surface area (Å²) in [4.78, 5) is 11.7. The van der Waals surface area contributed by atoms with E-state index in [1.54, 1.807) is 24.3 Å². The quantitative estimate of drug-likeness (QED) is 0.827. The van der Waals surface area contributed by atoms with Crippen LogP contribution in [0.4, 0.5) is 0 Å². The van der Waals surface area contributed by atoms with Gasteiger partial charge in [-0.2, -0.15) is 0 Å². The lowest BCUT2D eigenvalue weighted by atomic mass is 10.1. The van der Waals surface area contributed by atoms with Crippen LogP contribution in [0.3, 0.4) is 0 Å². The molecule has 0 saturated carbocycles. The van der Waals surface area contributed by atoms with Gasteiger partial charge in [-0.15, -0.1) is 0 Å². The van der Waals surface area contributed by atoms with Crippen LogP contribution in [0.15, 0.2) is 29.2 Å². The minimum atomic E-state index is -3.38. The van der Waals surface area contributed by atoms with Gasteiger partial charge in [0, 0.05) is 27.1 Å². The Balaban J connectivity index is 2.62. The molecule has 0 radical (unpaired) electrons. The van der Waals surface area contributed by atoms with Crippen LogP contribution in [-0.2, 0) is 21.2 Å². The van der Waals surface area contributed by atoms with Gasteiger partial charge in [0.15, 0.2) is 0 Å². The fraction of sp³-hybridized carbons (Fsp3) is 0.500. The van der Waals surface area contributed by atoms with Gasteiger partial charge in [0.2, 0.25) is 15.9 Å². The normalized spacial score (nSPS) is 11.6. The first kappa shape index (κ1) is 16.7. The maximum atomic E-state index is 11.9. The molecule has 0 aliphatic rings. The van der Waals surface area contributed by atoms with E-state index in [4.69, 9.17) is 0 Å². The lowest BCUT2D eigenvalue weighted by molar-refractivity contribution is -0.121. The topological polar surface area (TPSA) is 66.5 Å². The van der Waals surface area contributed by atoms with Crippen LogP contribution in [0.2, 0.25) is 0 Å². The lowest BCUT2D eigenvalue weighted by Gasteiger charge is -2.11. The zero-order chi connectivity index (χ0) is 15.2. The van der Waals surface area contributed by atoms with Crippen LogP contribution < -0.4 is 5.32 Å². The second-order valence-corrected chi connectivity index (χ2v) is 6.93. The molecule has 1 aromatic carbocycles. The molecule has 6 heteroatoms. The second kappa shape index (κ2) is 7.40. The van der Waals surface area contributed by atoms with Crippen molar-refractivity contribution in [2.75, 3.05) is 20.6 Å².